The standard InChI is InChI=1S/C15H23NO3S/c1-10-9-12(7-8-13(10)14(17)19-6)11(2)16-20(18)15(3,4)5/h7-9,11,16H,1-6H3/t11?,20-/m0/s1. The molecule has 0 aliphatic heterocycles. The van der Waals surface area contributed by atoms with Crippen LogP contribution in [0.15, 0.2) is 18.2 Å². The first-order chi connectivity index (χ1) is 9.16. The minimum absolute atomic E-state index is 0.0551. The zero-order chi connectivity index (χ0) is 15.5. The van der Waals surface area contributed by atoms with Crippen molar-refractivity contribution in [1.82, 2.24) is 4.72 Å². The van der Waals surface area contributed by atoms with E-state index in [4.69, 9.17) is 4.74 Å². The molecule has 0 spiro atoms. The van der Waals surface area contributed by atoms with Gasteiger partial charge in [0.25, 0.3) is 0 Å². The van der Waals surface area contributed by atoms with Gasteiger partial charge in [0.15, 0.2) is 0 Å². The van der Waals surface area contributed by atoms with Crippen molar-refractivity contribution in [3.8, 4) is 0 Å². The number of benzene rings is 1. The van der Waals surface area contributed by atoms with Crippen LogP contribution in [0, 0.1) is 6.92 Å². The number of carbonyl (C=O) groups is 1. The molecule has 0 amide bonds. The van der Waals surface area contributed by atoms with E-state index in [1.165, 1.54) is 7.11 Å². The van der Waals surface area contributed by atoms with Crippen molar-refractivity contribution >= 4 is 17.3 Å². The van der Waals surface area contributed by atoms with Crippen LogP contribution in [0.3, 0.4) is 0 Å². The van der Waals surface area contributed by atoms with Gasteiger partial charge in [-0.3, -0.25) is 0 Å². The summed E-state index contributed by atoms with van der Waals surface area (Å²) < 4.78 is 19.6. The molecule has 1 rings (SSSR count). The summed E-state index contributed by atoms with van der Waals surface area (Å²) in [7, 11) is 1.37. The molecule has 4 nitrogen and oxygen atoms in total. The van der Waals surface area contributed by atoms with Crippen molar-refractivity contribution in [2.75, 3.05) is 7.11 Å². The zero-order valence-electron chi connectivity index (χ0n) is 12.9. The SMILES string of the molecule is COC(=O)c1ccc(C(C)N[S@@+]([O-])C(C)(C)C)cc1C. The van der Waals surface area contributed by atoms with E-state index in [0.717, 1.165) is 11.1 Å². The van der Waals surface area contributed by atoms with Crippen LogP contribution in [0.1, 0.15) is 55.2 Å². The second-order valence-electron chi connectivity index (χ2n) is 5.79. The fraction of sp³-hybridized carbons (Fsp3) is 0.533. The molecule has 0 saturated heterocycles. The number of rotatable bonds is 4. The lowest BCUT2D eigenvalue weighted by Crippen LogP contribution is -2.40. The van der Waals surface area contributed by atoms with E-state index in [9.17, 15) is 9.35 Å². The van der Waals surface area contributed by atoms with Crippen LogP contribution >= 0.6 is 0 Å². The van der Waals surface area contributed by atoms with Gasteiger partial charge in [-0.15, -0.1) is 4.72 Å². The largest absolute Gasteiger partial charge is 0.598 e. The Balaban J connectivity index is 2.88. The van der Waals surface area contributed by atoms with Gasteiger partial charge in [0, 0.05) is 11.4 Å². The van der Waals surface area contributed by atoms with Crippen LogP contribution in [0.2, 0.25) is 0 Å². The highest BCUT2D eigenvalue weighted by molar-refractivity contribution is 7.90. The zero-order valence-corrected chi connectivity index (χ0v) is 13.8. The summed E-state index contributed by atoms with van der Waals surface area (Å²) in [5, 5.41) is 0. The molecule has 0 aromatic heterocycles. The average Bonchev–Trinajstić information content (AvgIpc) is 2.36. The molecule has 0 aliphatic carbocycles. The third kappa shape index (κ3) is 4.23. The molecule has 20 heavy (non-hydrogen) atoms. The number of nitrogens with one attached hydrogen (secondary N) is 1. The van der Waals surface area contributed by atoms with Gasteiger partial charge in [-0.2, -0.15) is 0 Å². The molecular weight excluding hydrogens is 274 g/mol. The van der Waals surface area contributed by atoms with Gasteiger partial charge < -0.3 is 9.29 Å². The molecule has 5 heteroatoms. The Morgan fingerprint density at radius 1 is 1.40 bits per heavy atom. The summed E-state index contributed by atoms with van der Waals surface area (Å²) in [5.41, 5.74) is 2.40. The van der Waals surface area contributed by atoms with Crippen molar-refractivity contribution in [3.63, 3.8) is 0 Å². The molecule has 0 aliphatic rings. The van der Waals surface area contributed by atoms with Gasteiger partial charge in [0.2, 0.25) is 0 Å². The van der Waals surface area contributed by atoms with E-state index in [0.29, 0.717) is 5.56 Å². The summed E-state index contributed by atoms with van der Waals surface area (Å²) in [4.78, 5) is 11.5. The lowest BCUT2D eigenvalue weighted by molar-refractivity contribution is 0.0600. The first-order valence-electron chi connectivity index (χ1n) is 6.53. The Labute approximate surface area is 124 Å². The van der Waals surface area contributed by atoms with Gasteiger partial charge in [-0.25, -0.2) is 4.79 Å². The molecule has 0 fully saturated rings. The summed E-state index contributed by atoms with van der Waals surface area (Å²) in [6.07, 6.45) is 0. The highest BCUT2D eigenvalue weighted by Crippen LogP contribution is 2.22. The predicted molar refractivity (Wildman–Crippen MR) is 82.0 cm³/mol. The predicted octanol–water partition coefficient (Wildman–Crippen LogP) is 2.89. The normalized spacial score (nSPS) is 14.8. The third-order valence-corrected chi connectivity index (χ3v) is 4.68. The summed E-state index contributed by atoms with van der Waals surface area (Å²) in [5.74, 6) is -0.340. The van der Waals surface area contributed by atoms with Crippen LogP contribution in [-0.4, -0.2) is 22.4 Å². The Morgan fingerprint density at radius 3 is 2.45 bits per heavy atom. The van der Waals surface area contributed by atoms with E-state index in [1.54, 1.807) is 6.07 Å². The molecule has 1 aromatic rings. The highest BCUT2D eigenvalue weighted by Gasteiger charge is 2.28. The fourth-order valence-electron chi connectivity index (χ4n) is 1.70. The summed E-state index contributed by atoms with van der Waals surface area (Å²) in [6.45, 7) is 9.59. The maximum Gasteiger partial charge on any atom is 0.338 e. The molecule has 1 unspecified atom stereocenters. The van der Waals surface area contributed by atoms with Crippen molar-refractivity contribution in [2.45, 2.75) is 45.4 Å². The second kappa shape index (κ2) is 6.61. The summed E-state index contributed by atoms with van der Waals surface area (Å²) in [6, 6.07) is 5.47. The topological polar surface area (TPSA) is 61.4 Å². The van der Waals surface area contributed by atoms with Crippen molar-refractivity contribution in [3.05, 3.63) is 34.9 Å². The lowest BCUT2D eigenvalue weighted by atomic mass is 10.0. The molecule has 0 bridgehead atoms. The minimum atomic E-state index is -1.13. The van der Waals surface area contributed by atoms with Gasteiger partial charge >= 0.3 is 5.97 Å². The monoisotopic (exact) mass is 297 g/mol. The van der Waals surface area contributed by atoms with E-state index in [2.05, 4.69) is 4.72 Å². The number of aryl methyl sites for hydroxylation is 1. The van der Waals surface area contributed by atoms with Crippen LogP contribution in [0.4, 0.5) is 0 Å². The fourth-order valence-corrected chi connectivity index (χ4v) is 2.51. The van der Waals surface area contributed by atoms with Crippen molar-refractivity contribution < 1.29 is 14.1 Å². The number of carbonyl (C=O) groups excluding carboxylic acids is 1. The Bertz CT molecular complexity index is 482. The molecule has 1 N–H and O–H groups in total. The Hall–Kier alpha value is -1.04. The van der Waals surface area contributed by atoms with Crippen LogP contribution < -0.4 is 4.72 Å². The molecule has 112 valence electrons. The molecular formula is C15H23NO3S. The number of hydrogen-bond donors (Lipinski definition) is 1. The quantitative estimate of drug-likeness (QED) is 0.685. The molecule has 2 atom stereocenters. The van der Waals surface area contributed by atoms with Crippen LogP contribution in [-0.2, 0) is 16.1 Å². The second-order valence-corrected chi connectivity index (χ2v) is 7.78. The van der Waals surface area contributed by atoms with Crippen molar-refractivity contribution in [2.24, 2.45) is 0 Å². The molecule has 1 aromatic carbocycles. The Morgan fingerprint density at radius 2 is 2.00 bits per heavy atom. The number of hydrogen-bond acceptors (Lipinski definition) is 4. The van der Waals surface area contributed by atoms with E-state index in [1.807, 2.05) is 46.8 Å². The van der Waals surface area contributed by atoms with Crippen LogP contribution in [0.25, 0.3) is 0 Å². The molecule has 0 heterocycles. The smallest absolute Gasteiger partial charge is 0.338 e. The van der Waals surface area contributed by atoms with Crippen molar-refractivity contribution in [1.29, 1.82) is 0 Å². The maximum atomic E-state index is 12.1. The maximum absolute atomic E-state index is 12.1. The molecule has 0 radical (unpaired) electrons. The first-order valence-corrected chi connectivity index (χ1v) is 7.68. The average molecular weight is 297 g/mol. The highest BCUT2D eigenvalue weighted by atomic mass is 32.2. The number of methoxy groups -OCH3 is 1. The van der Waals surface area contributed by atoms with E-state index >= 15 is 0 Å². The van der Waals surface area contributed by atoms with Crippen LogP contribution in [0.5, 0.6) is 0 Å². The van der Waals surface area contributed by atoms with E-state index in [-0.39, 0.29) is 16.8 Å². The van der Waals surface area contributed by atoms with Gasteiger partial charge in [0.05, 0.1) is 18.7 Å². The lowest BCUT2D eigenvalue weighted by Gasteiger charge is -2.26. The number of ether oxygens (including phenoxy) is 1. The Kier molecular flexibility index (Phi) is 5.62. The van der Waals surface area contributed by atoms with Gasteiger partial charge in [-0.1, -0.05) is 12.1 Å². The first kappa shape index (κ1) is 17.0. The molecule has 0 saturated carbocycles. The van der Waals surface area contributed by atoms with E-state index < -0.39 is 11.4 Å². The third-order valence-electron chi connectivity index (χ3n) is 3.00. The minimum Gasteiger partial charge on any atom is -0.598 e. The summed E-state index contributed by atoms with van der Waals surface area (Å²) >= 11 is -1.13. The van der Waals surface area contributed by atoms with Gasteiger partial charge in [-0.05, 0) is 51.8 Å². The van der Waals surface area contributed by atoms with Gasteiger partial charge in [0.1, 0.15) is 4.75 Å². The number of esters is 1.